The molecular weight excluding hydrogens is 307 g/mol. The van der Waals surface area contributed by atoms with Crippen LogP contribution in [-0.2, 0) is 0 Å². The van der Waals surface area contributed by atoms with Crippen molar-refractivity contribution in [2.45, 2.75) is 37.7 Å². The van der Waals surface area contributed by atoms with Crippen LogP contribution in [0.1, 0.15) is 37.3 Å². The van der Waals surface area contributed by atoms with E-state index in [9.17, 15) is 9.50 Å². The summed E-state index contributed by atoms with van der Waals surface area (Å²) in [4.78, 5) is 12.3. The number of hydrogen-bond acceptors (Lipinski definition) is 4. The van der Waals surface area contributed by atoms with Crippen LogP contribution in [0.5, 0.6) is 0 Å². The molecule has 2 heterocycles. The number of aliphatic hydroxyl groups excluding tert-OH is 1. The number of H-pyrrole nitrogens is 1. The second-order valence-electron chi connectivity index (χ2n) is 6.42. The van der Waals surface area contributed by atoms with Gasteiger partial charge in [-0.3, -0.25) is 0 Å². The Bertz CT molecular complexity index is 884. The molecule has 0 atom stereocenters. The topological polar surface area (TPSA) is 87.8 Å². The Morgan fingerprint density at radius 1 is 1.17 bits per heavy atom. The monoisotopic (exact) mass is 326 g/mol. The van der Waals surface area contributed by atoms with E-state index in [1.54, 1.807) is 18.3 Å². The highest BCUT2D eigenvalue weighted by atomic mass is 19.1. The smallest absolute Gasteiger partial charge is 0.161 e. The minimum atomic E-state index is -0.315. The average molecular weight is 326 g/mol. The number of benzene rings is 1. The van der Waals surface area contributed by atoms with Crippen LogP contribution in [0.4, 0.5) is 10.1 Å². The fraction of sp³-hybridized carbons (Fsp3) is 0.333. The number of aromatic nitrogens is 3. The third kappa shape index (κ3) is 2.63. The lowest BCUT2D eigenvalue weighted by molar-refractivity contribution is 0.122. The van der Waals surface area contributed by atoms with E-state index >= 15 is 0 Å². The van der Waals surface area contributed by atoms with Crippen molar-refractivity contribution >= 4 is 16.7 Å². The molecule has 4 rings (SSSR count). The van der Waals surface area contributed by atoms with Gasteiger partial charge in [-0.05, 0) is 37.8 Å². The van der Waals surface area contributed by atoms with Gasteiger partial charge in [0.15, 0.2) is 5.82 Å². The van der Waals surface area contributed by atoms with Gasteiger partial charge < -0.3 is 15.8 Å². The minimum absolute atomic E-state index is 0.226. The normalized spacial score (nSPS) is 21.2. The maximum absolute atomic E-state index is 13.6. The molecule has 0 radical (unpaired) electrons. The molecule has 0 amide bonds. The number of nitrogens with two attached hydrogens (primary N) is 1. The van der Waals surface area contributed by atoms with Crippen molar-refractivity contribution < 1.29 is 9.50 Å². The predicted molar refractivity (Wildman–Crippen MR) is 90.9 cm³/mol. The number of aliphatic hydroxyl groups is 1. The second kappa shape index (κ2) is 5.87. The lowest BCUT2D eigenvalue weighted by Crippen LogP contribution is -2.18. The zero-order chi connectivity index (χ0) is 16.7. The number of anilines is 1. The van der Waals surface area contributed by atoms with Crippen molar-refractivity contribution in [3.8, 4) is 11.4 Å². The molecular formula is C18H19FN4O. The molecule has 1 fully saturated rings. The molecule has 0 aliphatic heterocycles. The molecule has 3 aromatic rings. The average Bonchev–Trinajstić information content (AvgIpc) is 2.96. The minimum Gasteiger partial charge on any atom is -0.397 e. The van der Waals surface area contributed by atoms with Gasteiger partial charge in [-0.1, -0.05) is 12.1 Å². The largest absolute Gasteiger partial charge is 0.397 e. The molecule has 4 N–H and O–H groups in total. The lowest BCUT2D eigenvalue weighted by Gasteiger charge is -2.25. The third-order valence-electron chi connectivity index (χ3n) is 4.76. The Morgan fingerprint density at radius 2 is 1.96 bits per heavy atom. The first kappa shape index (κ1) is 15.1. The van der Waals surface area contributed by atoms with E-state index in [1.165, 1.54) is 12.1 Å². The number of fused-ring (bicyclic) bond motifs is 1. The summed E-state index contributed by atoms with van der Waals surface area (Å²) in [5, 5.41) is 10.6. The summed E-state index contributed by atoms with van der Waals surface area (Å²) in [5.41, 5.74) is 8.93. The number of rotatable bonds is 2. The van der Waals surface area contributed by atoms with E-state index in [1.807, 2.05) is 0 Å². The first-order valence-electron chi connectivity index (χ1n) is 8.20. The lowest BCUT2D eigenvalue weighted by atomic mass is 9.84. The summed E-state index contributed by atoms with van der Waals surface area (Å²) >= 11 is 0. The number of nitrogens with zero attached hydrogens (tertiary/aromatic N) is 2. The Hall–Kier alpha value is -2.47. The van der Waals surface area contributed by atoms with Crippen LogP contribution in [-0.4, -0.2) is 26.2 Å². The molecule has 0 unspecified atom stereocenters. The van der Waals surface area contributed by atoms with Gasteiger partial charge in [0.25, 0.3) is 0 Å². The van der Waals surface area contributed by atoms with Gasteiger partial charge in [-0.25, -0.2) is 14.4 Å². The van der Waals surface area contributed by atoms with Gasteiger partial charge in [0, 0.05) is 17.7 Å². The summed E-state index contributed by atoms with van der Waals surface area (Å²) in [6, 6.07) is 6.28. The quantitative estimate of drug-likeness (QED) is 0.674. The van der Waals surface area contributed by atoms with E-state index < -0.39 is 0 Å². The molecule has 24 heavy (non-hydrogen) atoms. The Labute approximate surface area is 138 Å². The SMILES string of the molecule is Nc1c[nH]c2nc(-c3cccc(F)c3)nc(C3CCC(O)CC3)c12. The molecule has 1 aliphatic rings. The fourth-order valence-corrected chi connectivity index (χ4v) is 3.49. The Balaban J connectivity index is 1.86. The van der Waals surface area contributed by atoms with Crippen LogP contribution in [0.15, 0.2) is 30.5 Å². The molecule has 1 aliphatic carbocycles. The maximum Gasteiger partial charge on any atom is 0.161 e. The van der Waals surface area contributed by atoms with Crippen molar-refractivity contribution in [2.75, 3.05) is 5.73 Å². The Morgan fingerprint density at radius 3 is 2.71 bits per heavy atom. The summed E-state index contributed by atoms with van der Waals surface area (Å²) in [7, 11) is 0. The summed E-state index contributed by atoms with van der Waals surface area (Å²) in [6.45, 7) is 0. The van der Waals surface area contributed by atoms with E-state index in [2.05, 4.69) is 9.97 Å². The highest BCUT2D eigenvalue weighted by molar-refractivity contribution is 5.92. The van der Waals surface area contributed by atoms with Crippen molar-refractivity contribution in [3.63, 3.8) is 0 Å². The maximum atomic E-state index is 13.6. The zero-order valence-corrected chi connectivity index (χ0v) is 13.2. The molecule has 124 valence electrons. The summed E-state index contributed by atoms with van der Waals surface area (Å²) < 4.78 is 13.6. The third-order valence-corrected chi connectivity index (χ3v) is 4.76. The van der Waals surface area contributed by atoms with E-state index in [4.69, 9.17) is 10.7 Å². The van der Waals surface area contributed by atoms with Gasteiger partial charge in [0.05, 0.1) is 22.9 Å². The summed E-state index contributed by atoms with van der Waals surface area (Å²) in [6.07, 6.45) is 4.73. The van der Waals surface area contributed by atoms with Crippen molar-refractivity contribution in [2.24, 2.45) is 0 Å². The van der Waals surface area contributed by atoms with E-state index in [0.717, 1.165) is 36.8 Å². The highest BCUT2D eigenvalue weighted by Crippen LogP contribution is 2.37. The van der Waals surface area contributed by atoms with Crippen LogP contribution >= 0.6 is 0 Å². The van der Waals surface area contributed by atoms with Crippen molar-refractivity contribution in [1.82, 2.24) is 15.0 Å². The molecule has 0 spiro atoms. The van der Waals surface area contributed by atoms with Gasteiger partial charge >= 0.3 is 0 Å². The molecule has 0 bridgehead atoms. The molecule has 5 nitrogen and oxygen atoms in total. The van der Waals surface area contributed by atoms with Crippen LogP contribution in [0.25, 0.3) is 22.4 Å². The van der Waals surface area contributed by atoms with Crippen LogP contribution in [0.2, 0.25) is 0 Å². The molecule has 0 saturated heterocycles. The van der Waals surface area contributed by atoms with Crippen LogP contribution < -0.4 is 5.73 Å². The number of nitrogens with one attached hydrogen (secondary N) is 1. The summed E-state index contributed by atoms with van der Waals surface area (Å²) in [5.74, 6) is 0.402. The molecule has 1 saturated carbocycles. The van der Waals surface area contributed by atoms with Crippen LogP contribution in [0, 0.1) is 5.82 Å². The van der Waals surface area contributed by atoms with E-state index in [0.29, 0.717) is 22.7 Å². The van der Waals surface area contributed by atoms with Crippen molar-refractivity contribution in [1.29, 1.82) is 0 Å². The molecule has 1 aromatic carbocycles. The van der Waals surface area contributed by atoms with Crippen LogP contribution in [0.3, 0.4) is 0 Å². The van der Waals surface area contributed by atoms with Crippen molar-refractivity contribution in [3.05, 3.63) is 42.0 Å². The number of aromatic amines is 1. The highest BCUT2D eigenvalue weighted by Gasteiger charge is 2.26. The number of nitrogen functional groups attached to an aromatic ring is 1. The number of hydrogen-bond donors (Lipinski definition) is 3. The van der Waals surface area contributed by atoms with E-state index in [-0.39, 0.29) is 17.8 Å². The second-order valence-corrected chi connectivity index (χ2v) is 6.42. The van der Waals surface area contributed by atoms with Gasteiger partial charge in [-0.2, -0.15) is 0 Å². The van der Waals surface area contributed by atoms with Gasteiger partial charge in [0.2, 0.25) is 0 Å². The fourth-order valence-electron chi connectivity index (χ4n) is 3.49. The zero-order valence-electron chi connectivity index (χ0n) is 13.2. The predicted octanol–water partition coefficient (Wildman–Crippen LogP) is 3.36. The molecule has 2 aromatic heterocycles. The standard InChI is InChI=1S/C18H19FN4O/c19-12-3-1-2-11(8-12)17-22-16(10-4-6-13(24)7-5-10)15-14(20)9-21-18(15)23-17/h1-3,8-10,13,24H,4-7,20H2,(H,21,22,23). The first-order valence-corrected chi connectivity index (χ1v) is 8.20. The molecule has 6 heteroatoms. The first-order chi connectivity index (χ1) is 11.6. The van der Waals surface area contributed by atoms with Gasteiger partial charge in [0.1, 0.15) is 11.5 Å². The Kier molecular flexibility index (Phi) is 3.69. The van der Waals surface area contributed by atoms with Gasteiger partial charge in [-0.15, -0.1) is 0 Å². The number of halogens is 1.